The molecule has 0 saturated carbocycles. The lowest BCUT2D eigenvalue weighted by atomic mass is 10.2. The van der Waals surface area contributed by atoms with Crippen LogP contribution in [0, 0.1) is 0 Å². The average Bonchev–Trinajstić information content (AvgIpc) is 2.92. The summed E-state index contributed by atoms with van der Waals surface area (Å²) >= 11 is 0. The van der Waals surface area contributed by atoms with Crippen LogP contribution in [0.5, 0.6) is 0 Å². The molecular formula is C12H13N5O6S2. The average molecular weight is 387 g/mol. The van der Waals surface area contributed by atoms with Crippen LogP contribution in [-0.4, -0.2) is 48.4 Å². The van der Waals surface area contributed by atoms with Gasteiger partial charge in [0.1, 0.15) is 0 Å². The van der Waals surface area contributed by atoms with E-state index < -0.39 is 31.6 Å². The first-order valence-corrected chi connectivity index (χ1v) is 10.2. The summed E-state index contributed by atoms with van der Waals surface area (Å²) in [5.41, 5.74) is -0.176. The predicted molar refractivity (Wildman–Crippen MR) is 86.4 cm³/mol. The van der Waals surface area contributed by atoms with E-state index in [-0.39, 0.29) is 11.3 Å². The molecule has 0 radical (unpaired) electrons. The fraction of sp³-hybridized carbons (Fsp3) is 0.167. The molecule has 0 fully saturated rings. The third kappa shape index (κ3) is 4.39. The van der Waals surface area contributed by atoms with Crippen LogP contribution in [0.15, 0.2) is 52.1 Å². The Morgan fingerprint density at radius 1 is 0.960 bits per heavy atom. The normalized spacial score (nSPS) is 12.4. The molecule has 25 heavy (non-hydrogen) atoms. The van der Waals surface area contributed by atoms with Crippen LogP contribution in [0.4, 0.5) is 5.69 Å². The quantitative estimate of drug-likeness (QED) is 0.571. The van der Waals surface area contributed by atoms with Crippen molar-refractivity contribution < 1.29 is 26.7 Å². The van der Waals surface area contributed by atoms with E-state index in [4.69, 9.17) is 5.11 Å². The highest BCUT2D eigenvalue weighted by atomic mass is 32.2. The van der Waals surface area contributed by atoms with E-state index in [2.05, 4.69) is 15.4 Å². The summed E-state index contributed by atoms with van der Waals surface area (Å²) in [6.07, 6.45) is 3.79. The fourth-order valence-corrected chi connectivity index (χ4v) is 3.19. The van der Waals surface area contributed by atoms with Gasteiger partial charge in [-0.2, -0.15) is 0 Å². The standard InChI is InChI=1S/C12H13N5O6S2/c1-24(20,21)16-7-8-17(25(2,22)23)12(16)14-15-13-10-5-3-9(4-6-10)11(18)19/h3-8H,1-2H3,(H,18,19). The molecule has 0 unspecified atom stereocenters. The number of imidazole rings is 1. The van der Waals surface area contributed by atoms with E-state index in [0.29, 0.717) is 7.94 Å². The smallest absolute Gasteiger partial charge is 0.335 e. The molecule has 0 bridgehead atoms. The van der Waals surface area contributed by atoms with Gasteiger partial charge in [0.2, 0.25) is 20.0 Å². The summed E-state index contributed by atoms with van der Waals surface area (Å²) in [5, 5.41) is 19.5. The van der Waals surface area contributed by atoms with Crippen molar-refractivity contribution in [3.05, 3.63) is 47.8 Å². The van der Waals surface area contributed by atoms with Gasteiger partial charge < -0.3 is 5.11 Å². The van der Waals surface area contributed by atoms with Gasteiger partial charge >= 0.3 is 5.97 Å². The topological polar surface area (TPSA) is 153 Å². The van der Waals surface area contributed by atoms with Gasteiger partial charge in [0, 0.05) is 12.4 Å². The van der Waals surface area contributed by atoms with Gasteiger partial charge in [-0.25, -0.2) is 29.6 Å². The van der Waals surface area contributed by atoms with Crippen molar-refractivity contribution >= 4 is 31.7 Å². The Kier molecular flexibility index (Phi) is 4.89. The van der Waals surface area contributed by atoms with Crippen molar-refractivity contribution in [1.82, 2.24) is 7.94 Å². The highest BCUT2D eigenvalue weighted by molar-refractivity contribution is 7.89. The van der Waals surface area contributed by atoms with E-state index in [1.54, 1.807) is 0 Å². The van der Waals surface area contributed by atoms with Crippen LogP contribution in [0.2, 0.25) is 0 Å². The number of hydrogen-bond donors (Lipinski definition) is 1. The fourth-order valence-electron chi connectivity index (χ4n) is 1.74. The molecule has 1 heterocycles. The number of rotatable bonds is 5. The van der Waals surface area contributed by atoms with E-state index in [1.807, 2.05) is 0 Å². The van der Waals surface area contributed by atoms with Gasteiger partial charge in [0.25, 0.3) is 5.62 Å². The maximum absolute atomic E-state index is 11.7. The second kappa shape index (κ2) is 6.60. The van der Waals surface area contributed by atoms with E-state index in [1.165, 1.54) is 24.3 Å². The predicted octanol–water partition coefficient (Wildman–Crippen LogP) is 0.203. The third-order valence-electron chi connectivity index (χ3n) is 2.85. The zero-order valence-electron chi connectivity index (χ0n) is 13.0. The molecule has 0 aliphatic rings. The molecule has 0 amide bonds. The first-order chi connectivity index (χ1) is 11.5. The number of carboxylic acid groups (broad SMARTS) is 1. The lowest BCUT2D eigenvalue weighted by Crippen LogP contribution is -2.32. The maximum Gasteiger partial charge on any atom is 0.335 e. The summed E-state index contributed by atoms with van der Waals surface area (Å²) < 4.78 is 48.1. The summed E-state index contributed by atoms with van der Waals surface area (Å²) in [7, 11) is -7.62. The van der Waals surface area contributed by atoms with Crippen molar-refractivity contribution in [1.29, 1.82) is 0 Å². The molecule has 0 aliphatic heterocycles. The van der Waals surface area contributed by atoms with Crippen molar-refractivity contribution in [2.75, 3.05) is 12.5 Å². The molecule has 13 heteroatoms. The molecule has 2 rings (SSSR count). The summed E-state index contributed by atoms with van der Waals surface area (Å²) in [4.78, 5) is 10.8. The van der Waals surface area contributed by atoms with Gasteiger partial charge in [0.05, 0.1) is 23.8 Å². The minimum Gasteiger partial charge on any atom is -0.478 e. The molecule has 0 aliphatic carbocycles. The maximum atomic E-state index is 11.7. The Morgan fingerprint density at radius 3 is 1.84 bits per heavy atom. The highest BCUT2D eigenvalue weighted by Gasteiger charge is 2.16. The Balaban J connectivity index is 2.50. The minimum absolute atomic E-state index is 0.0526. The zero-order chi connectivity index (χ0) is 18.8. The Labute approximate surface area is 142 Å². The molecule has 1 N–H and O–H groups in total. The number of nitrogens with zero attached hydrogens (tertiary/aromatic N) is 5. The number of carbonyl (C=O) groups is 1. The van der Waals surface area contributed by atoms with Crippen LogP contribution in [0.1, 0.15) is 10.4 Å². The van der Waals surface area contributed by atoms with Gasteiger partial charge in [0.15, 0.2) is 0 Å². The molecule has 2 aromatic rings. The van der Waals surface area contributed by atoms with Gasteiger partial charge in [-0.3, -0.25) is 0 Å². The van der Waals surface area contributed by atoms with E-state index >= 15 is 0 Å². The van der Waals surface area contributed by atoms with Crippen LogP contribution in [0.25, 0.3) is 0 Å². The number of aromatic nitrogens is 2. The van der Waals surface area contributed by atoms with E-state index in [0.717, 1.165) is 24.9 Å². The van der Waals surface area contributed by atoms with Crippen molar-refractivity contribution in [3.8, 4) is 0 Å². The first-order valence-electron chi connectivity index (χ1n) is 6.49. The van der Waals surface area contributed by atoms with Crippen LogP contribution in [0.3, 0.4) is 0 Å². The Hall–Kier alpha value is -2.80. The Bertz CT molecular complexity index is 1050. The van der Waals surface area contributed by atoms with E-state index in [9.17, 15) is 21.6 Å². The van der Waals surface area contributed by atoms with Crippen molar-refractivity contribution in [3.63, 3.8) is 0 Å². The number of aromatic carboxylic acids is 1. The van der Waals surface area contributed by atoms with Crippen molar-refractivity contribution in [2.24, 2.45) is 15.4 Å². The molecule has 0 saturated heterocycles. The second-order valence-corrected chi connectivity index (χ2v) is 8.58. The Morgan fingerprint density at radius 2 is 1.44 bits per heavy atom. The largest absolute Gasteiger partial charge is 0.478 e. The van der Waals surface area contributed by atoms with Crippen LogP contribution >= 0.6 is 0 Å². The zero-order valence-corrected chi connectivity index (χ0v) is 14.6. The lowest BCUT2D eigenvalue weighted by molar-refractivity contribution is 0.0697. The number of benzene rings is 1. The van der Waals surface area contributed by atoms with Crippen LogP contribution in [-0.2, 0) is 20.0 Å². The summed E-state index contributed by atoms with van der Waals surface area (Å²) in [6.45, 7) is 0. The van der Waals surface area contributed by atoms with Crippen LogP contribution < -0.4 is 5.62 Å². The molecule has 11 nitrogen and oxygen atoms in total. The monoisotopic (exact) mass is 387 g/mol. The first kappa shape index (κ1) is 18.5. The number of hydrogen-bond acceptors (Lipinski definition) is 7. The number of carboxylic acids is 1. The second-order valence-electron chi connectivity index (χ2n) is 4.86. The molecular weight excluding hydrogens is 374 g/mol. The molecule has 1 aromatic heterocycles. The lowest BCUT2D eigenvalue weighted by Gasteiger charge is -2.00. The highest BCUT2D eigenvalue weighted by Crippen LogP contribution is 2.13. The minimum atomic E-state index is -3.81. The summed E-state index contributed by atoms with van der Waals surface area (Å²) in [5.74, 6) is -1.10. The van der Waals surface area contributed by atoms with Crippen molar-refractivity contribution in [2.45, 2.75) is 0 Å². The molecule has 1 aromatic carbocycles. The third-order valence-corrected chi connectivity index (χ3v) is 4.85. The molecule has 0 atom stereocenters. The van der Waals surface area contributed by atoms with Gasteiger partial charge in [-0.15, -0.1) is 5.11 Å². The van der Waals surface area contributed by atoms with Gasteiger partial charge in [-0.1, -0.05) is 5.10 Å². The molecule has 0 spiro atoms. The molecule has 134 valence electrons. The van der Waals surface area contributed by atoms with Gasteiger partial charge in [-0.05, 0) is 29.5 Å². The SMILES string of the molecule is CS(=O)(=O)n1ccn(S(C)(=O)=O)c1=NN=Nc1ccc(C(=O)O)cc1. The summed E-state index contributed by atoms with van der Waals surface area (Å²) in [6, 6.07) is 5.32.